The standard InChI is InChI=1S/C17H24N2O2/c1-14(2)19(12-15-8-4-3-5-9-15)17(21)13-18-11-7-6-10-16(18)20/h3-5,8-9,14H,6-7,10-13H2,1-2H3. The molecular weight excluding hydrogens is 264 g/mol. The Morgan fingerprint density at radius 2 is 1.95 bits per heavy atom. The van der Waals surface area contributed by atoms with Crippen molar-refractivity contribution in [3.63, 3.8) is 0 Å². The van der Waals surface area contributed by atoms with Crippen molar-refractivity contribution in [3.8, 4) is 0 Å². The highest BCUT2D eigenvalue weighted by molar-refractivity contribution is 5.85. The van der Waals surface area contributed by atoms with Crippen LogP contribution < -0.4 is 0 Å². The molecule has 1 heterocycles. The Morgan fingerprint density at radius 1 is 1.24 bits per heavy atom. The topological polar surface area (TPSA) is 40.6 Å². The van der Waals surface area contributed by atoms with Gasteiger partial charge in [-0.2, -0.15) is 0 Å². The van der Waals surface area contributed by atoms with Gasteiger partial charge in [0.25, 0.3) is 0 Å². The van der Waals surface area contributed by atoms with Gasteiger partial charge in [0.05, 0.1) is 6.54 Å². The molecule has 1 fully saturated rings. The molecule has 0 spiro atoms. The van der Waals surface area contributed by atoms with Crippen LogP contribution in [0.3, 0.4) is 0 Å². The van der Waals surface area contributed by atoms with Crippen molar-refractivity contribution in [2.24, 2.45) is 0 Å². The summed E-state index contributed by atoms with van der Waals surface area (Å²) >= 11 is 0. The smallest absolute Gasteiger partial charge is 0.242 e. The van der Waals surface area contributed by atoms with Crippen molar-refractivity contribution >= 4 is 11.8 Å². The average molecular weight is 288 g/mol. The van der Waals surface area contributed by atoms with Crippen LogP contribution in [0.2, 0.25) is 0 Å². The van der Waals surface area contributed by atoms with E-state index < -0.39 is 0 Å². The molecule has 2 rings (SSSR count). The molecule has 0 bridgehead atoms. The molecule has 1 aliphatic heterocycles. The first-order valence-corrected chi connectivity index (χ1v) is 7.69. The minimum atomic E-state index is 0.0316. The zero-order valence-corrected chi connectivity index (χ0v) is 12.9. The van der Waals surface area contributed by atoms with Crippen molar-refractivity contribution in [2.45, 2.75) is 45.7 Å². The Hall–Kier alpha value is -1.84. The molecule has 0 unspecified atom stereocenters. The Morgan fingerprint density at radius 3 is 2.57 bits per heavy atom. The van der Waals surface area contributed by atoms with E-state index in [0.29, 0.717) is 19.5 Å². The van der Waals surface area contributed by atoms with Crippen molar-refractivity contribution in [3.05, 3.63) is 35.9 Å². The summed E-state index contributed by atoms with van der Waals surface area (Å²) in [7, 11) is 0. The lowest BCUT2D eigenvalue weighted by molar-refractivity contribution is -0.143. The maximum atomic E-state index is 12.5. The maximum absolute atomic E-state index is 12.5. The second kappa shape index (κ2) is 7.25. The number of rotatable bonds is 5. The van der Waals surface area contributed by atoms with Crippen LogP contribution in [-0.2, 0) is 16.1 Å². The van der Waals surface area contributed by atoms with Crippen LogP contribution in [0.1, 0.15) is 38.7 Å². The number of piperidine rings is 1. The van der Waals surface area contributed by atoms with Crippen LogP contribution in [-0.4, -0.2) is 40.7 Å². The molecule has 2 amide bonds. The van der Waals surface area contributed by atoms with Gasteiger partial charge < -0.3 is 9.80 Å². The Kier molecular flexibility index (Phi) is 5.37. The van der Waals surface area contributed by atoms with Gasteiger partial charge in [-0.15, -0.1) is 0 Å². The number of benzene rings is 1. The summed E-state index contributed by atoms with van der Waals surface area (Å²) in [6, 6.07) is 10.1. The van der Waals surface area contributed by atoms with E-state index in [0.717, 1.165) is 18.4 Å². The fourth-order valence-corrected chi connectivity index (χ4v) is 2.62. The highest BCUT2D eigenvalue weighted by atomic mass is 16.2. The summed E-state index contributed by atoms with van der Waals surface area (Å²) < 4.78 is 0. The minimum Gasteiger partial charge on any atom is -0.334 e. The molecule has 0 saturated carbocycles. The molecule has 4 heteroatoms. The fourth-order valence-electron chi connectivity index (χ4n) is 2.62. The molecule has 21 heavy (non-hydrogen) atoms. The van der Waals surface area contributed by atoms with E-state index in [2.05, 4.69) is 0 Å². The second-order valence-electron chi connectivity index (χ2n) is 5.87. The second-order valence-corrected chi connectivity index (χ2v) is 5.87. The largest absolute Gasteiger partial charge is 0.334 e. The average Bonchev–Trinajstić information content (AvgIpc) is 2.48. The zero-order chi connectivity index (χ0) is 15.2. The van der Waals surface area contributed by atoms with Crippen LogP contribution in [0.4, 0.5) is 0 Å². The number of hydrogen-bond donors (Lipinski definition) is 0. The normalized spacial score (nSPS) is 15.4. The lowest BCUT2D eigenvalue weighted by atomic mass is 10.1. The summed E-state index contributed by atoms with van der Waals surface area (Å²) in [4.78, 5) is 27.9. The van der Waals surface area contributed by atoms with Gasteiger partial charge in [0.2, 0.25) is 11.8 Å². The molecular formula is C17H24N2O2. The first-order valence-electron chi connectivity index (χ1n) is 7.69. The Bertz CT molecular complexity index is 485. The van der Waals surface area contributed by atoms with E-state index in [1.54, 1.807) is 4.90 Å². The van der Waals surface area contributed by atoms with E-state index in [4.69, 9.17) is 0 Å². The van der Waals surface area contributed by atoms with Crippen molar-refractivity contribution in [2.75, 3.05) is 13.1 Å². The molecule has 1 aromatic rings. The van der Waals surface area contributed by atoms with Gasteiger partial charge in [0.15, 0.2) is 0 Å². The van der Waals surface area contributed by atoms with Crippen LogP contribution in [0.5, 0.6) is 0 Å². The lowest BCUT2D eigenvalue weighted by Crippen LogP contribution is -2.46. The van der Waals surface area contributed by atoms with E-state index in [9.17, 15) is 9.59 Å². The van der Waals surface area contributed by atoms with E-state index in [1.807, 2.05) is 49.1 Å². The molecule has 1 aromatic carbocycles. The zero-order valence-electron chi connectivity index (χ0n) is 12.9. The number of carbonyl (C=O) groups is 2. The molecule has 4 nitrogen and oxygen atoms in total. The van der Waals surface area contributed by atoms with E-state index in [-0.39, 0.29) is 24.4 Å². The van der Waals surface area contributed by atoms with Gasteiger partial charge in [0.1, 0.15) is 0 Å². The molecule has 0 N–H and O–H groups in total. The van der Waals surface area contributed by atoms with Crippen LogP contribution >= 0.6 is 0 Å². The Balaban J connectivity index is 2.00. The van der Waals surface area contributed by atoms with Crippen molar-refractivity contribution in [1.29, 1.82) is 0 Å². The number of likely N-dealkylation sites (tertiary alicyclic amines) is 1. The van der Waals surface area contributed by atoms with Gasteiger partial charge in [-0.1, -0.05) is 30.3 Å². The summed E-state index contributed by atoms with van der Waals surface area (Å²) in [5.41, 5.74) is 1.12. The molecule has 0 aromatic heterocycles. The van der Waals surface area contributed by atoms with Crippen LogP contribution in [0, 0.1) is 0 Å². The summed E-state index contributed by atoms with van der Waals surface area (Å²) in [5.74, 6) is 0.141. The van der Waals surface area contributed by atoms with Gasteiger partial charge in [-0.25, -0.2) is 0 Å². The van der Waals surface area contributed by atoms with E-state index in [1.165, 1.54) is 0 Å². The maximum Gasteiger partial charge on any atom is 0.242 e. The summed E-state index contributed by atoms with van der Waals surface area (Å²) in [6.07, 6.45) is 2.52. The lowest BCUT2D eigenvalue weighted by Gasteiger charge is -2.32. The Labute approximate surface area is 126 Å². The predicted octanol–water partition coefficient (Wildman–Crippen LogP) is 2.44. The predicted molar refractivity (Wildman–Crippen MR) is 82.6 cm³/mol. The molecule has 114 valence electrons. The quantitative estimate of drug-likeness (QED) is 0.835. The molecule has 1 saturated heterocycles. The van der Waals surface area contributed by atoms with Gasteiger partial charge in [-0.3, -0.25) is 9.59 Å². The summed E-state index contributed by atoms with van der Waals surface area (Å²) in [5, 5.41) is 0. The van der Waals surface area contributed by atoms with Gasteiger partial charge in [0, 0.05) is 25.6 Å². The van der Waals surface area contributed by atoms with Crippen molar-refractivity contribution < 1.29 is 9.59 Å². The molecule has 0 radical (unpaired) electrons. The van der Waals surface area contributed by atoms with E-state index >= 15 is 0 Å². The van der Waals surface area contributed by atoms with Gasteiger partial charge >= 0.3 is 0 Å². The third-order valence-electron chi connectivity index (χ3n) is 3.89. The minimum absolute atomic E-state index is 0.0316. The number of carbonyl (C=O) groups excluding carboxylic acids is 2. The van der Waals surface area contributed by atoms with Crippen LogP contribution in [0.25, 0.3) is 0 Å². The molecule has 1 aliphatic rings. The summed E-state index contributed by atoms with van der Waals surface area (Å²) in [6.45, 7) is 5.54. The highest BCUT2D eigenvalue weighted by Crippen LogP contribution is 2.13. The first-order chi connectivity index (χ1) is 10.1. The third-order valence-corrected chi connectivity index (χ3v) is 3.89. The first kappa shape index (κ1) is 15.5. The van der Waals surface area contributed by atoms with Gasteiger partial charge in [-0.05, 0) is 32.3 Å². The SMILES string of the molecule is CC(C)N(Cc1ccccc1)C(=O)CN1CCCCC1=O. The number of amides is 2. The van der Waals surface area contributed by atoms with Crippen molar-refractivity contribution in [1.82, 2.24) is 9.80 Å². The monoisotopic (exact) mass is 288 g/mol. The molecule has 0 atom stereocenters. The number of nitrogens with zero attached hydrogens (tertiary/aromatic N) is 2. The fraction of sp³-hybridized carbons (Fsp3) is 0.529. The number of hydrogen-bond acceptors (Lipinski definition) is 2. The van der Waals surface area contributed by atoms with Crippen LogP contribution in [0.15, 0.2) is 30.3 Å². The third kappa shape index (κ3) is 4.31. The molecule has 0 aliphatic carbocycles. The highest BCUT2D eigenvalue weighted by Gasteiger charge is 2.24.